The molecule has 6 heteroatoms. The summed E-state index contributed by atoms with van der Waals surface area (Å²) in [6.45, 7) is 9.13. The molecule has 2 aromatic heterocycles. The van der Waals surface area contributed by atoms with Crippen LogP contribution in [0.1, 0.15) is 17.8 Å². The van der Waals surface area contributed by atoms with Crippen LogP contribution in [-0.4, -0.2) is 53.7 Å². The first-order valence-electron chi connectivity index (χ1n) is 7.26. The van der Waals surface area contributed by atoms with Gasteiger partial charge >= 0.3 is 0 Å². The standard InChI is InChI=1S/C14H22N4OS/c1-12-13(18-7-10-20-14(18)16-12)11-15-3-2-4-17-5-8-19-9-6-17/h7,10,15H,2-6,8-9,11H2,1H3. The Hall–Kier alpha value is -0.950. The Kier molecular flexibility index (Phi) is 4.67. The number of ether oxygens (including phenoxy) is 1. The zero-order valence-corrected chi connectivity index (χ0v) is 12.8. The number of rotatable bonds is 6. The van der Waals surface area contributed by atoms with E-state index in [1.54, 1.807) is 11.3 Å². The smallest absolute Gasteiger partial charge is 0.194 e. The Morgan fingerprint density at radius 2 is 2.25 bits per heavy atom. The predicted molar refractivity (Wildman–Crippen MR) is 81.4 cm³/mol. The number of thiazole rings is 1. The van der Waals surface area contributed by atoms with Crippen molar-refractivity contribution >= 4 is 16.3 Å². The average Bonchev–Trinajstić information content (AvgIpc) is 3.02. The fourth-order valence-electron chi connectivity index (χ4n) is 2.61. The SMILES string of the molecule is Cc1nc2sccn2c1CNCCCN1CCOCC1. The van der Waals surface area contributed by atoms with Crippen LogP contribution in [0.5, 0.6) is 0 Å². The van der Waals surface area contributed by atoms with Gasteiger partial charge in [-0.15, -0.1) is 11.3 Å². The highest BCUT2D eigenvalue weighted by Gasteiger charge is 2.10. The highest BCUT2D eigenvalue weighted by Crippen LogP contribution is 2.16. The predicted octanol–water partition coefficient (Wildman–Crippen LogP) is 1.52. The fourth-order valence-corrected chi connectivity index (χ4v) is 3.39. The molecule has 0 spiro atoms. The first-order valence-corrected chi connectivity index (χ1v) is 8.14. The minimum atomic E-state index is 0.887. The molecule has 0 radical (unpaired) electrons. The van der Waals surface area contributed by atoms with Crippen molar-refractivity contribution in [3.05, 3.63) is 23.0 Å². The molecule has 3 heterocycles. The van der Waals surface area contributed by atoms with Gasteiger partial charge in [0.1, 0.15) is 0 Å². The highest BCUT2D eigenvalue weighted by molar-refractivity contribution is 7.15. The Bertz CT molecular complexity index is 544. The van der Waals surface area contributed by atoms with Gasteiger partial charge in [-0.3, -0.25) is 9.30 Å². The van der Waals surface area contributed by atoms with Crippen molar-refractivity contribution in [2.45, 2.75) is 19.9 Å². The molecule has 1 aliphatic heterocycles. The van der Waals surface area contributed by atoms with E-state index in [2.05, 4.69) is 38.1 Å². The first kappa shape index (κ1) is 14.0. The Morgan fingerprint density at radius 1 is 1.40 bits per heavy atom. The van der Waals surface area contributed by atoms with Gasteiger partial charge < -0.3 is 10.1 Å². The number of aryl methyl sites for hydroxylation is 1. The second-order valence-electron chi connectivity index (χ2n) is 5.18. The lowest BCUT2D eigenvalue weighted by atomic mass is 10.3. The number of nitrogens with zero attached hydrogens (tertiary/aromatic N) is 3. The van der Waals surface area contributed by atoms with Gasteiger partial charge in [0.2, 0.25) is 0 Å². The number of morpholine rings is 1. The van der Waals surface area contributed by atoms with E-state index in [9.17, 15) is 0 Å². The molecule has 1 fully saturated rings. The molecular weight excluding hydrogens is 272 g/mol. The lowest BCUT2D eigenvalue weighted by molar-refractivity contribution is 0.0374. The first-order chi connectivity index (χ1) is 9.84. The molecule has 5 nitrogen and oxygen atoms in total. The number of nitrogens with one attached hydrogen (secondary N) is 1. The zero-order chi connectivity index (χ0) is 13.8. The molecule has 0 amide bonds. The van der Waals surface area contributed by atoms with E-state index in [0.29, 0.717) is 0 Å². The third kappa shape index (κ3) is 3.20. The number of imidazole rings is 1. The van der Waals surface area contributed by atoms with Crippen LogP contribution in [0.4, 0.5) is 0 Å². The molecule has 0 aromatic carbocycles. The van der Waals surface area contributed by atoms with Crippen LogP contribution in [0.3, 0.4) is 0 Å². The Morgan fingerprint density at radius 3 is 3.10 bits per heavy atom. The molecule has 0 saturated carbocycles. The zero-order valence-electron chi connectivity index (χ0n) is 12.0. The number of aromatic nitrogens is 2. The molecule has 0 aliphatic carbocycles. The van der Waals surface area contributed by atoms with Gasteiger partial charge in [-0.05, 0) is 26.4 Å². The molecule has 110 valence electrons. The number of hydrogen-bond acceptors (Lipinski definition) is 5. The van der Waals surface area contributed by atoms with E-state index in [-0.39, 0.29) is 0 Å². The Balaban J connectivity index is 1.41. The van der Waals surface area contributed by atoms with Crippen molar-refractivity contribution < 1.29 is 4.74 Å². The molecule has 0 atom stereocenters. The normalized spacial score (nSPS) is 17.1. The lowest BCUT2D eigenvalue weighted by Gasteiger charge is -2.26. The summed E-state index contributed by atoms with van der Waals surface area (Å²) in [6.07, 6.45) is 3.29. The van der Waals surface area contributed by atoms with Crippen LogP contribution in [0.15, 0.2) is 11.6 Å². The van der Waals surface area contributed by atoms with Crippen LogP contribution in [0, 0.1) is 6.92 Å². The lowest BCUT2D eigenvalue weighted by Crippen LogP contribution is -2.37. The number of fused-ring (bicyclic) bond motifs is 1. The summed E-state index contributed by atoms with van der Waals surface area (Å²) in [5.74, 6) is 0. The van der Waals surface area contributed by atoms with Gasteiger partial charge in [0.05, 0.1) is 24.6 Å². The molecule has 0 bridgehead atoms. The van der Waals surface area contributed by atoms with Crippen molar-refractivity contribution in [1.29, 1.82) is 0 Å². The summed E-state index contributed by atoms with van der Waals surface area (Å²) in [7, 11) is 0. The average molecular weight is 294 g/mol. The molecule has 1 saturated heterocycles. The minimum Gasteiger partial charge on any atom is -0.379 e. The largest absolute Gasteiger partial charge is 0.379 e. The van der Waals surface area contributed by atoms with Gasteiger partial charge in [0, 0.05) is 31.2 Å². The third-order valence-electron chi connectivity index (χ3n) is 3.79. The van der Waals surface area contributed by atoms with E-state index < -0.39 is 0 Å². The van der Waals surface area contributed by atoms with Crippen molar-refractivity contribution in [2.75, 3.05) is 39.4 Å². The van der Waals surface area contributed by atoms with Crippen LogP contribution in [-0.2, 0) is 11.3 Å². The van der Waals surface area contributed by atoms with Gasteiger partial charge in [0.15, 0.2) is 4.96 Å². The van der Waals surface area contributed by atoms with Crippen molar-refractivity contribution in [3.63, 3.8) is 0 Å². The maximum absolute atomic E-state index is 5.36. The Labute approximate surface area is 123 Å². The molecule has 1 aliphatic rings. The monoisotopic (exact) mass is 294 g/mol. The van der Waals surface area contributed by atoms with Crippen LogP contribution in [0.2, 0.25) is 0 Å². The molecule has 20 heavy (non-hydrogen) atoms. The summed E-state index contributed by atoms with van der Waals surface area (Å²) in [5.41, 5.74) is 2.42. The molecular formula is C14H22N4OS. The maximum Gasteiger partial charge on any atom is 0.194 e. The van der Waals surface area contributed by atoms with Gasteiger partial charge in [-0.25, -0.2) is 4.98 Å². The quantitative estimate of drug-likeness (QED) is 0.820. The van der Waals surface area contributed by atoms with E-state index in [0.717, 1.165) is 56.6 Å². The summed E-state index contributed by atoms with van der Waals surface area (Å²) >= 11 is 1.69. The number of hydrogen-bond donors (Lipinski definition) is 1. The van der Waals surface area contributed by atoms with Crippen molar-refractivity contribution in [2.24, 2.45) is 0 Å². The van der Waals surface area contributed by atoms with E-state index in [1.807, 2.05) is 0 Å². The van der Waals surface area contributed by atoms with Gasteiger partial charge in [-0.2, -0.15) is 0 Å². The summed E-state index contributed by atoms with van der Waals surface area (Å²) in [5, 5.41) is 5.62. The highest BCUT2D eigenvalue weighted by atomic mass is 32.1. The molecule has 3 rings (SSSR count). The van der Waals surface area contributed by atoms with E-state index in [4.69, 9.17) is 4.74 Å². The van der Waals surface area contributed by atoms with E-state index >= 15 is 0 Å². The van der Waals surface area contributed by atoms with Gasteiger partial charge in [-0.1, -0.05) is 0 Å². The van der Waals surface area contributed by atoms with Crippen molar-refractivity contribution in [1.82, 2.24) is 19.6 Å². The van der Waals surface area contributed by atoms with Crippen LogP contribution >= 0.6 is 11.3 Å². The fraction of sp³-hybridized carbons (Fsp3) is 0.643. The van der Waals surface area contributed by atoms with Crippen LogP contribution in [0.25, 0.3) is 4.96 Å². The second kappa shape index (κ2) is 6.67. The molecule has 0 unspecified atom stereocenters. The third-order valence-corrected chi connectivity index (χ3v) is 4.54. The topological polar surface area (TPSA) is 41.8 Å². The summed E-state index contributed by atoms with van der Waals surface area (Å²) in [6, 6.07) is 0. The van der Waals surface area contributed by atoms with Crippen LogP contribution < -0.4 is 5.32 Å². The van der Waals surface area contributed by atoms with E-state index in [1.165, 1.54) is 12.1 Å². The molecule has 1 N–H and O–H groups in total. The second-order valence-corrected chi connectivity index (χ2v) is 6.06. The molecule has 2 aromatic rings. The van der Waals surface area contributed by atoms with Crippen molar-refractivity contribution in [3.8, 4) is 0 Å². The maximum atomic E-state index is 5.36. The summed E-state index contributed by atoms with van der Waals surface area (Å²) in [4.78, 5) is 8.13. The van der Waals surface area contributed by atoms with Gasteiger partial charge in [0.25, 0.3) is 0 Å². The minimum absolute atomic E-state index is 0.887. The summed E-state index contributed by atoms with van der Waals surface area (Å²) < 4.78 is 7.55.